The maximum Gasteiger partial charge on any atom is 0.334 e. The van der Waals surface area contributed by atoms with Gasteiger partial charge in [-0.15, -0.1) is 0 Å². The highest BCUT2D eigenvalue weighted by Gasteiger charge is 2.19. The summed E-state index contributed by atoms with van der Waals surface area (Å²) in [5, 5.41) is 33.7. The number of allylic oxidation sites excluding steroid dienone is 2. The van der Waals surface area contributed by atoms with Gasteiger partial charge in [-0.25, -0.2) is 9.79 Å². The minimum absolute atomic E-state index is 0.283. The quantitative estimate of drug-likeness (QED) is 0.102. The number of carboxylic acid groups (broad SMARTS) is 1. The van der Waals surface area contributed by atoms with E-state index in [0.717, 1.165) is 29.7 Å². The number of halogens is 1. The van der Waals surface area contributed by atoms with E-state index in [4.69, 9.17) is 21.7 Å². The first-order valence-electron chi connectivity index (χ1n) is 14.1. The number of amides is 1. The first kappa shape index (κ1) is 31.3. The van der Waals surface area contributed by atoms with Crippen LogP contribution in [0.25, 0.3) is 5.57 Å². The predicted octanol–water partition coefficient (Wildman–Crippen LogP) is 5.67. The van der Waals surface area contributed by atoms with Crippen LogP contribution in [0, 0.1) is 11.5 Å². The van der Waals surface area contributed by atoms with E-state index in [1.54, 1.807) is 36.4 Å². The zero-order chi connectivity index (χ0) is 30.8. The van der Waals surface area contributed by atoms with Gasteiger partial charge in [0.1, 0.15) is 0 Å². The highest BCUT2D eigenvalue weighted by Crippen LogP contribution is 2.29. The second kappa shape index (κ2) is 15.0. The van der Waals surface area contributed by atoms with Crippen LogP contribution in [-0.4, -0.2) is 40.7 Å². The lowest BCUT2D eigenvalue weighted by atomic mass is 9.93. The number of anilines is 1. The highest BCUT2D eigenvalue weighted by atomic mass is 35.5. The van der Waals surface area contributed by atoms with Gasteiger partial charge in [0.25, 0.3) is 5.91 Å². The molecule has 0 heterocycles. The van der Waals surface area contributed by atoms with Crippen LogP contribution in [0.1, 0.15) is 65.7 Å². The molecule has 0 aliphatic heterocycles. The van der Waals surface area contributed by atoms with E-state index in [9.17, 15) is 20.0 Å². The third-order valence-corrected chi connectivity index (χ3v) is 7.48. The van der Waals surface area contributed by atoms with E-state index in [2.05, 4.69) is 28.8 Å². The Hall–Kier alpha value is -4.65. The summed E-state index contributed by atoms with van der Waals surface area (Å²) in [6, 6.07) is 22.1. The molecule has 0 radical (unpaired) electrons. The summed E-state index contributed by atoms with van der Waals surface area (Å²) in [4.78, 5) is 30.1. The number of aliphatic imine (C=N–C) groups is 1. The van der Waals surface area contributed by atoms with Crippen LogP contribution in [0.2, 0.25) is 5.02 Å². The summed E-state index contributed by atoms with van der Waals surface area (Å²) >= 11 is 6.07. The van der Waals surface area contributed by atoms with Gasteiger partial charge < -0.3 is 20.4 Å². The highest BCUT2D eigenvalue weighted by molar-refractivity contribution is 6.30. The number of rotatable bonds is 10. The summed E-state index contributed by atoms with van der Waals surface area (Å²) in [5.74, 6) is -1.55. The van der Waals surface area contributed by atoms with Crippen LogP contribution in [-0.2, 0) is 11.3 Å². The Morgan fingerprint density at radius 2 is 1.74 bits per heavy atom. The van der Waals surface area contributed by atoms with Crippen LogP contribution in [0.4, 0.5) is 5.69 Å². The lowest BCUT2D eigenvalue weighted by Gasteiger charge is -2.27. The van der Waals surface area contributed by atoms with Crippen molar-refractivity contribution in [1.82, 2.24) is 10.6 Å². The molecule has 1 amide bonds. The fourth-order valence-corrected chi connectivity index (χ4v) is 4.91. The molecule has 0 fully saturated rings. The van der Waals surface area contributed by atoms with Gasteiger partial charge in [-0.05, 0) is 91.3 Å². The number of aliphatic hydroxyl groups excluding tert-OH is 1. The second-order valence-corrected chi connectivity index (χ2v) is 10.7. The maximum absolute atomic E-state index is 12.5. The Morgan fingerprint density at radius 3 is 2.35 bits per heavy atom. The molecule has 0 spiro atoms. The summed E-state index contributed by atoms with van der Waals surface area (Å²) < 4.78 is 0. The third kappa shape index (κ3) is 8.67. The zero-order valence-corrected chi connectivity index (χ0v) is 24.6. The Morgan fingerprint density at radius 1 is 1.05 bits per heavy atom. The molecule has 9 nitrogen and oxygen atoms in total. The molecule has 2 atom stereocenters. The van der Waals surface area contributed by atoms with Crippen molar-refractivity contribution in [2.75, 3.05) is 11.4 Å². The smallest absolute Gasteiger partial charge is 0.334 e. The van der Waals surface area contributed by atoms with E-state index in [1.807, 2.05) is 42.3 Å². The lowest BCUT2D eigenvalue weighted by molar-refractivity contribution is -0.146. The van der Waals surface area contributed by atoms with E-state index >= 15 is 0 Å². The van der Waals surface area contributed by atoms with Crippen LogP contribution >= 0.6 is 11.6 Å². The number of carboxylic acids is 1. The molecule has 1 aliphatic rings. The number of carbonyl (C=O) groups excluding carboxylic acids is 1. The summed E-state index contributed by atoms with van der Waals surface area (Å²) in [6.45, 7) is 1.87. The average molecular weight is 600 g/mol. The van der Waals surface area contributed by atoms with Gasteiger partial charge in [0.05, 0.1) is 19.1 Å². The number of hydrogen-bond acceptors (Lipinski definition) is 5. The fourth-order valence-electron chi connectivity index (χ4n) is 4.79. The number of nitrogens with zero attached hydrogens (tertiary/aromatic N) is 3. The molecule has 0 bridgehead atoms. The molecule has 10 heteroatoms. The summed E-state index contributed by atoms with van der Waals surface area (Å²) in [7, 11) is 0. The van der Waals surface area contributed by atoms with Gasteiger partial charge in [-0.1, -0.05) is 54.1 Å². The standard InChI is InChI=1S/C33H34ClN5O4/c1-22(24-11-15-28(34)16-12-24)38-33(37-21-35)39(29-17-13-26(14-18-29)25-5-3-2-4-6-25)20-23-7-9-27(10-8-23)31(41)36-19-30(40)32(42)43/h5,7-18,22,30,40H,2-4,6,19-20H2,1H3,(H,36,41)(H,37,38)(H,42,43)/t22?,30-/m1/s1. The minimum atomic E-state index is -1.68. The molecular formula is C33H34ClN5O4. The SMILES string of the molecule is CC(N=C(NC#N)N(Cc1ccc(C(=O)NC[C@@H](O)C(=O)O)cc1)c1ccc(C2=CCCCC2)cc1)c1ccc(Cl)cc1. The van der Waals surface area contributed by atoms with Crippen LogP contribution in [0.5, 0.6) is 0 Å². The molecule has 222 valence electrons. The number of hydrogen-bond donors (Lipinski definition) is 4. The summed E-state index contributed by atoms with van der Waals surface area (Å²) in [6.07, 6.45) is 7.17. The van der Waals surface area contributed by atoms with E-state index in [1.165, 1.54) is 24.0 Å². The average Bonchev–Trinajstić information content (AvgIpc) is 3.03. The number of nitriles is 1. The molecule has 1 unspecified atom stereocenters. The monoisotopic (exact) mass is 599 g/mol. The zero-order valence-electron chi connectivity index (χ0n) is 23.8. The van der Waals surface area contributed by atoms with Crippen molar-refractivity contribution in [3.8, 4) is 6.19 Å². The minimum Gasteiger partial charge on any atom is -0.479 e. The summed E-state index contributed by atoms with van der Waals surface area (Å²) in [5.41, 5.74) is 5.44. The fraction of sp³-hybridized carbons (Fsp3) is 0.273. The third-order valence-electron chi connectivity index (χ3n) is 7.23. The number of benzene rings is 3. The first-order valence-corrected chi connectivity index (χ1v) is 14.5. The molecule has 0 aromatic heterocycles. The molecule has 0 saturated heterocycles. The van der Waals surface area contributed by atoms with Crippen molar-refractivity contribution in [3.63, 3.8) is 0 Å². The number of guanidine groups is 1. The second-order valence-electron chi connectivity index (χ2n) is 10.3. The molecule has 3 aromatic carbocycles. The molecule has 4 rings (SSSR count). The van der Waals surface area contributed by atoms with Crippen molar-refractivity contribution < 1.29 is 19.8 Å². The van der Waals surface area contributed by atoms with Crippen molar-refractivity contribution in [3.05, 3.63) is 106 Å². The number of aliphatic carboxylic acids is 1. The number of nitrogens with one attached hydrogen (secondary N) is 2. The lowest BCUT2D eigenvalue weighted by Crippen LogP contribution is -2.39. The van der Waals surface area contributed by atoms with Crippen molar-refractivity contribution in [1.29, 1.82) is 5.26 Å². The Labute approximate surface area is 256 Å². The Bertz CT molecular complexity index is 1510. The molecule has 3 aromatic rings. The van der Waals surface area contributed by atoms with Crippen molar-refractivity contribution >= 4 is 40.7 Å². The van der Waals surface area contributed by atoms with E-state index < -0.39 is 24.5 Å². The topological polar surface area (TPSA) is 138 Å². The largest absolute Gasteiger partial charge is 0.479 e. The van der Waals surface area contributed by atoms with E-state index in [-0.39, 0.29) is 6.04 Å². The molecule has 43 heavy (non-hydrogen) atoms. The molecule has 4 N–H and O–H groups in total. The number of carbonyl (C=O) groups is 2. The van der Waals surface area contributed by atoms with Crippen molar-refractivity contribution in [2.24, 2.45) is 4.99 Å². The Balaban J connectivity index is 1.62. The maximum atomic E-state index is 12.5. The Kier molecular flexibility index (Phi) is 10.9. The molecule has 0 saturated carbocycles. The van der Waals surface area contributed by atoms with Gasteiger partial charge in [-0.2, -0.15) is 5.26 Å². The van der Waals surface area contributed by atoms with Gasteiger partial charge in [-0.3, -0.25) is 10.1 Å². The van der Waals surface area contributed by atoms with Gasteiger partial charge in [0.2, 0.25) is 5.96 Å². The van der Waals surface area contributed by atoms with Gasteiger partial charge >= 0.3 is 5.97 Å². The normalized spacial score (nSPS) is 14.6. The first-order chi connectivity index (χ1) is 20.7. The van der Waals surface area contributed by atoms with Crippen LogP contribution < -0.4 is 15.5 Å². The van der Waals surface area contributed by atoms with Crippen molar-refractivity contribution in [2.45, 2.75) is 51.3 Å². The van der Waals surface area contributed by atoms with E-state index in [0.29, 0.717) is 23.1 Å². The van der Waals surface area contributed by atoms with Gasteiger partial charge in [0, 0.05) is 16.3 Å². The molecular weight excluding hydrogens is 566 g/mol. The predicted molar refractivity (Wildman–Crippen MR) is 168 cm³/mol. The van der Waals surface area contributed by atoms with Crippen LogP contribution in [0.3, 0.4) is 0 Å². The number of aliphatic hydroxyl groups is 1. The van der Waals surface area contributed by atoms with Gasteiger partial charge in [0.15, 0.2) is 12.3 Å². The van der Waals surface area contributed by atoms with Crippen LogP contribution in [0.15, 0.2) is 83.9 Å². The molecule has 1 aliphatic carbocycles.